The number of hydrogen-bond donors (Lipinski definition) is 2. The summed E-state index contributed by atoms with van der Waals surface area (Å²) < 4.78 is 6.93. The van der Waals surface area contributed by atoms with Crippen molar-refractivity contribution in [3.05, 3.63) is 69.9 Å². The van der Waals surface area contributed by atoms with E-state index in [1.165, 1.54) is 5.56 Å². The fourth-order valence-corrected chi connectivity index (χ4v) is 3.04. The fourth-order valence-electron chi connectivity index (χ4n) is 2.42. The Bertz CT molecular complexity index is 698. The van der Waals surface area contributed by atoms with Gasteiger partial charge in [0.2, 0.25) is 0 Å². The first kappa shape index (κ1) is 13.4. The number of aryl methyl sites for hydroxylation is 1. The molecule has 3 N–H and O–H groups in total. The minimum absolute atomic E-state index is 0.168. The van der Waals surface area contributed by atoms with Gasteiger partial charge in [-0.1, -0.05) is 40.2 Å². The highest BCUT2D eigenvalue weighted by Gasteiger charge is 2.17. The molecule has 1 unspecified atom stereocenters. The maximum atomic E-state index is 5.90. The van der Waals surface area contributed by atoms with Crippen LogP contribution in [-0.4, -0.2) is 0 Å². The average Bonchev–Trinajstić information content (AvgIpc) is 2.81. The first-order chi connectivity index (χ1) is 9.67. The predicted molar refractivity (Wildman–Crippen MR) is 84.3 cm³/mol. The van der Waals surface area contributed by atoms with Crippen molar-refractivity contribution in [3.63, 3.8) is 0 Å². The van der Waals surface area contributed by atoms with Crippen molar-refractivity contribution >= 4 is 26.9 Å². The van der Waals surface area contributed by atoms with E-state index in [9.17, 15) is 0 Å². The van der Waals surface area contributed by atoms with Crippen LogP contribution in [0.4, 0.5) is 0 Å². The number of fused-ring (bicyclic) bond motifs is 1. The summed E-state index contributed by atoms with van der Waals surface area (Å²) >= 11 is 3.52. The number of halogens is 1. The Balaban J connectivity index is 2.08. The summed E-state index contributed by atoms with van der Waals surface area (Å²) in [6, 6.07) is 16.0. The van der Waals surface area contributed by atoms with Crippen LogP contribution in [0.1, 0.15) is 22.9 Å². The van der Waals surface area contributed by atoms with Gasteiger partial charge in [0.25, 0.3) is 0 Å². The third kappa shape index (κ3) is 2.50. The van der Waals surface area contributed by atoms with Gasteiger partial charge in [0, 0.05) is 9.86 Å². The van der Waals surface area contributed by atoms with E-state index >= 15 is 0 Å². The summed E-state index contributed by atoms with van der Waals surface area (Å²) in [4.78, 5) is 0. The van der Waals surface area contributed by atoms with E-state index < -0.39 is 0 Å². The molecule has 102 valence electrons. The summed E-state index contributed by atoms with van der Waals surface area (Å²) in [5.74, 6) is 6.54. The number of rotatable bonds is 3. The van der Waals surface area contributed by atoms with E-state index in [1.807, 2.05) is 36.4 Å². The summed E-state index contributed by atoms with van der Waals surface area (Å²) in [6.07, 6.45) is 0. The van der Waals surface area contributed by atoms with Gasteiger partial charge in [0.05, 0.1) is 0 Å². The van der Waals surface area contributed by atoms with Crippen molar-refractivity contribution in [2.75, 3.05) is 0 Å². The molecule has 4 heteroatoms. The molecule has 0 spiro atoms. The zero-order valence-electron chi connectivity index (χ0n) is 11.1. The van der Waals surface area contributed by atoms with Crippen LogP contribution < -0.4 is 11.3 Å². The van der Waals surface area contributed by atoms with Crippen molar-refractivity contribution in [2.45, 2.75) is 13.0 Å². The second kappa shape index (κ2) is 5.40. The summed E-state index contributed by atoms with van der Waals surface area (Å²) in [7, 11) is 0. The molecule has 0 fully saturated rings. The zero-order chi connectivity index (χ0) is 14.1. The second-order valence-electron chi connectivity index (χ2n) is 4.85. The molecule has 0 amide bonds. The SMILES string of the molecule is Cc1cc(Br)cc(C(NN)c2cc3ccccc3o2)c1. The lowest BCUT2D eigenvalue weighted by Crippen LogP contribution is -2.28. The van der Waals surface area contributed by atoms with E-state index in [-0.39, 0.29) is 6.04 Å². The Morgan fingerprint density at radius 2 is 1.95 bits per heavy atom. The number of nitrogens with one attached hydrogen (secondary N) is 1. The summed E-state index contributed by atoms with van der Waals surface area (Å²) in [5.41, 5.74) is 5.95. The van der Waals surface area contributed by atoms with Crippen LogP contribution in [0.25, 0.3) is 11.0 Å². The van der Waals surface area contributed by atoms with E-state index in [2.05, 4.69) is 40.4 Å². The monoisotopic (exact) mass is 330 g/mol. The third-order valence-electron chi connectivity index (χ3n) is 3.29. The van der Waals surface area contributed by atoms with E-state index in [0.717, 1.165) is 26.8 Å². The van der Waals surface area contributed by atoms with Gasteiger partial charge in [0.1, 0.15) is 17.4 Å². The van der Waals surface area contributed by atoms with Gasteiger partial charge >= 0.3 is 0 Å². The Morgan fingerprint density at radius 1 is 1.15 bits per heavy atom. The molecule has 0 bridgehead atoms. The molecule has 3 rings (SSSR count). The number of hydrogen-bond acceptors (Lipinski definition) is 3. The quantitative estimate of drug-likeness (QED) is 0.562. The molecule has 0 aliphatic heterocycles. The van der Waals surface area contributed by atoms with Gasteiger partial charge in [-0.25, -0.2) is 5.43 Å². The Morgan fingerprint density at radius 3 is 2.65 bits per heavy atom. The summed E-state index contributed by atoms with van der Waals surface area (Å²) in [5, 5.41) is 1.08. The highest BCUT2D eigenvalue weighted by atomic mass is 79.9. The molecule has 0 aliphatic carbocycles. The molecule has 1 aromatic heterocycles. The average molecular weight is 331 g/mol. The highest BCUT2D eigenvalue weighted by Crippen LogP contribution is 2.29. The van der Waals surface area contributed by atoms with Crippen LogP contribution >= 0.6 is 15.9 Å². The van der Waals surface area contributed by atoms with Crippen LogP contribution in [0.3, 0.4) is 0 Å². The van der Waals surface area contributed by atoms with Gasteiger partial charge in [-0.3, -0.25) is 5.84 Å². The van der Waals surface area contributed by atoms with Crippen LogP contribution in [0.5, 0.6) is 0 Å². The minimum Gasteiger partial charge on any atom is -0.459 e. The van der Waals surface area contributed by atoms with Gasteiger partial charge < -0.3 is 4.42 Å². The number of para-hydroxylation sites is 1. The van der Waals surface area contributed by atoms with E-state index in [0.29, 0.717) is 0 Å². The molecular formula is C16H15BrN2O. The van der Waals surface area contributed by atoms with Crippen molar-refractivity contribution in [1.29, 1.82) is 0 Å². The van der Waals surface area contributed by atoms with Gasteiger partial charge in [0.15, 0.2) is 0 Å². The standard InChI is InChI=1S/C16H15BrN2O/c1-10-6-12(8-13(17)7-10)16(19-18)15-9-11-4-2-3-5-14(11)20-15/h2-9,16,19H,18H2,1H3. The van der Waals surface area contributed by atoms with Gasteiger partial charge in [-0.05, 0) is 42.3 Å². The van der Waals surface area contributed by atoms with Crippen molar-refractivity contribution in [1.82, 2.24) is 5.43 Å². The molecule has 3 aromatic rings. The molecule has 0 radical (unpaired) electrons. The predicted octanol–water partition coefficient (Wildman–Crippen LogP) is 4.06. The van der Waals surface area contributed by atoms with Gasteiger partial charge in [-0.2, -0.15) is 0 Å². The van der Waals surface area contributed by atoms with Crippen molar-refractivity contribution in [3.8, 4) is 0 Å². The molecular weight excluding hydrogens is 316 g/mol. The van der Waals surface area contributed by atoms with Crippen molar-refractivity contribution in [2.24, 2.45) is 5.84 Å². The fraction of sp³-hybridized carbons (Fsp3) is 0.125. The Labute approximate surface area is 125 Å². The molecule has 20 heavy (non-hydrogen) atoms. The number of hydrazine groups is 1. The normalized spacial score (nSPS) is 12.8. The molecule has 3 nitrogen and oxygen atoms in total. The zero-order valence-corrected chi connectivity index (χ0v) is 12.6. The summed E-state index contributed by atoms with van der Waals surface area (Å²) in [6.45, 7) is 2.06. The number of furan rings is 1. The maximum absolute atomic E-state index is 5.90. The molecule has 2 aromatic carbocycles. The lowest BCUT2D eigenvalue weighted by atomic mass is 10.0. The minimum atomic E-state index is -0.168. The van der Waals surface area contributed by atoms with Crippen LogP contribution in [-0.2, 0) is 0 Å². The van der Waals surface area contributed by atoms with Crippen molar-refractivity contribution < 1.29 is 4.42 Å². The first-order valence-electron chi connectivity index (χ1n) is 6.39. The lowest BCUT2D eigenvalue weighted by molar-refractivity contribution is 0.477. The molecule has 0 aliphatic rings. The lowest BCUT2D eigenvalue weighted by Gasteiger charge is -2.14. The van der Waals surface area contributed by atoms with Crippen LogP contribution in [0.15, 0.2) is 57.4 Å². The van der Waals surface area contributed by atoms with Crippen LogP contribution in [0, 0.1) is 6.92 Å². The van der Waals surface area contributed by atoms with E-state index in [4.69, 9.17) is 10.3 Å². The third-order valence-corrected chi connectivity index (χ3v) is 3.75. The topological polar surface area (TPSA) is 51.2 Å². The van der Waals surface area contributed by atoms with E-state index in [1.54, 1.807) is 0 Å². The molecule has 1 atom stereocenters. The van der Waals surface area contributed by atoms with Gasteiger partial charge in [-0.15, -0.1) is 0 Å². The first-order valence-corrected chi connectivity index (χ1v) is 7.18. The maximum Gasteiger partial charge on any atom is 0.134 e. The molecule has 0 saturated heterocycles. The number of benzene rings is 2. The second-order valence-corrected chi connectivity index (χ2v) is 5.76. The smallest absolute Gasteiger partial charge is 0.134 e. The Kier molecular flexibility index (Phi) is 3.61. The van der Waals surface area contributed by atoms with Crippen LogP contribution in [0.2, 0.25) is 0 Å². The number of nitrogens with two attached hydrogens (primary N) is 1. The molecule has 1 heterocycles. The Hall–Kier alpha value is -1.62. The molecule has 0 saturated carbocycles. The largest absolute Gasteiger partial charge is 0.459 e. The highest BCUT2D eigenvalue weighted by molar-refractivity contribution is 9.10.